The maximum absolute atomic E-state index is 10.8. The maximum Gasteiger partial charge on any atom is 0.181 e. The van der Waals surface area contributed by atoms with Gasteiger partial charge >= 0.3 is 0 Å². The summed E-state index contributed by atoms with van der Waals surface area (Å²) >= 11 is 0. The second-order valence-electron chi connectivity index (χ2n) is 11.2. The Kier molecular flexibility index (Phi) is 11.1. The molecule has 1 aromatic rings. The number of hydrogen-bond donors (Lipinski definition) is 4. The number of phenolic OH excluding ortho intramolecular Hbond substituents is 1. The molecule has 0 spiro atoms. The first kappa shape index (κ1) is 29.4. The van der Waals surface area contributed by atoms with Gasteiger partial charge in [0.2, 0.25) is 0 Å². The molecule has 2 aliphatic heterocycles. The van der Waals surface area contributed by atoms with Crippen LogP contribution < -0.4 is 10.1 Å². The number of allylic oxidation sites excluding steroid dienone is 1. The molecule has 4 N–H and O–H groups in total. The summed E-state index contributed by atoms with van der Waals surface area (Å²) in [6.07, 6.45) is 16.8. The normalized spacial score (nSPS) is 21.3. The molecule has 1 saturated carbocycles. The van der Waals surface area contributed by atoms with Crippen molar-refractivity contribution < 1.29 is 24.8 Å². The van der Waals surface area contributed by atoms with Crippen LogP contribution in [-0.4, -0.2) is 59.5 Å². The molecule has 4 unspecified atom stereocenters. The quantitative estimate of drug-likeness (QED) is 0.219. The standard InChI is InChI=1S/C32H46N2O5/c1-3-4-9-26-13-14-27(39-26)12-10-23-11-15-30(36)32(16-23)38-21-31(37)29-17-25(19-34-29)28(20-33-18-22(2)35)24-7-5-6-8-24/h11,13-17,19,22,24,26,28,31,33,35-37H,3-10,12,18,20-21H2,1-2H3. The molecule has 0 aromatic heterocycles. The number of nitrogens with one attached hydrogen (secondary N) is 1. The highest BCUT2D eigenvalue weighted by atomic mass is 16.5. The molecule has 1 aromatic carbocycles. The molecule has 3 aliphatic rings. The van der Waals surface area contributed by atoms with Crippen LogP contribution in [0.25, 0.3) is 0 Å². The lowest BCUT2D eigenvalue weighted by Gasteiger charge is -2.21. The van der Waals surface area contributed by atoms with Gasteiger partial charge in [-0.25, -0.2) is 0 Å². The fourth-order valence-corrected chi connectivity index (χ4v) is 5.69. The van der Waals surface area contributed by atoms with E-state index in [2.05, 4.69) is 29.7 Å². The monoisotopic (exact) mass is 538 g/mol. The minimum atomic E-state index is -0.899. The fraction of sp³-hybridized carbons (Fsp3) is 0.594. The largest absolute Gasteiger partial charge is 0.592 e. The van der Waals surface area contributed by atoms with Gasteiger partial charge in [0, 0.05) is 19.2 Å². The fourth-order valence-electron chi connectivity index (χ4n) is 5.69. The molecule has 0 amide bonds. The van der Waals surface area contributed by atoms with Crippen LogP contribution in [0.1, 0.15) is 70.8 Å². The number of hydrogen-bond acceptors (Lipinski definition) is 7. The zero-order valence-electron chi connectivity index (χ0n) is 23.5. The Labute approximate surface area is 234 Å². The molecule has 1 fully saturated rings. The second-order valence-corrected chi connectivity index (χ2v) is 11.2. The second kappa shape index (κ2) is 14.7. The van der Waals surface area contributed by atoms with Crippen LogP contribution in [0.3, 0.4) is 0 Å². The van der Waals surface area contributed by atoms with E-state index < -0.39 is 6.10 Å². The first-order chi connectivity index (χ1) is 18.9. The van der Waals surface area contributed by atoms with Crippen molar-refractivity contribution in [2.24, 2.45) is 16.8 Å². The molecule has 214 valence electrons. The topological polar surface area (TPSA) is 104 Å². The Morgan fingerprint density at radius 1 is 1.21 bits per heavy atom. The zero-order chi connectivity index (χ0) is 27.6. The van der Waals surface area contributed by atoms with Gasteiger partial charge in [-0.3, -0.25) is 0 Å². The number of phenols is 1. The summed E-state index contributed by atoms with van der Waals surface area (Å²) in [5, 5.41) is 34.2. The number of aryl methyl sites for hydroxylation is 1. The first-order valence-electron chi connectivity index (χ1n) is 14.8. The molecule has 7 nitrogen and oxygen atoms in total. The Morgan fingerprint density at radius 3 is 2.79 bits per heavy atom. The van der Waals surface area contributed by atoms with Gasteiger partial charge in [-0.2, -0.15) is 12.5 Å². The van der Waals surface area contributed by atoms with Crippen molar-refractivity contribution in [3.8, 4) is 11.5 Å². The van der Waals surface area contributed by atoms with E-state index >= 15 is 0 Å². The molecule has 0 radical (unpaired) electrons. The number of benzene rings is 1. The molecular formula is C32H46N2O5. The van der Waals surface area contributed by atoms with Gasteiger partial charge in [0.25, 0.3) is 0 Å². The Bertz CT molecular complexity index is 998. The number of nitrogens with zero attached hydrogens (tertiary/aromatic N) is 1. The predicted octanol–water partition coefficient (Wildman–Crippen LogP) is 5.06. The SMILES string of the molecule is CCCCC1[CH-]C=C(CCc2ccc(O)c(OCC(O)[C+]3C=C(C(CNCC(C)O)C4CCCC4)C=N3)c2)O1. The van der Waals surface area contributed by atoms with E-state index in [1.807, 2.05) is 24.4 Å². The summed E-state index contributed by atoms with van der Waals surface area (Å²) in [5.74, 6) is 2.30. The molecule has 2 heterocycles. The van der Waals surface area contributed by atoms with Crippen LogP contribution in [0.15, 0.2) is 46.7 Å². The molecule has 0 bridgehead atoms. The number of aliphatic imine (C=N–C) groups is 1. The number of aliphatic hydroxyl groups is 2. The van der Waals surface area contributed by atoms with Crippen molar-refractivity contribution in [2.75, 3.05) is 19.7 Å². The number of ether oxygens (including phenoxy) is 2. The lowest BCUT2D eigenvalue weighted by molar-refractivity contribution is 0.120. The van der Waals surface area contributed by atoms with Crippen LogP contribution in [0, 0.1) is 24.3 Å². The smallest absolute Gasteiger partial charge is 0.181 e. The van der Waals surface area contributed by atoms with Crippen molar-refractivity contribution >= 4 is 6.21 Å². The number of unbranched alkanes of at least 4 members (excludes halogenated alkanes) is 1. The summed E-state index contributed by atoms with van der Waals surface area (Å²) in [6.45, 7) is 5.32. The van der Waals surface area contributed by atoms with Crippen molar-refractivity contribution in [3.63, 3.8) is 0 Å². The average molecular weight is 539 g/mol. The van der Waals surface area contributed by atoms with Crippen molar-refractivity contribution in [2.45, 2.75) is 89.9 Å². The minimum absolute atomic E-state index is 0.00414. The van der Waals surface area contributed by atoms with Gasteiger partial charge in [-0.05, 0) is 56.2 Å². The Morgan fingerprint density at radius 2 is 2.03 bits per heavy atom. The lowest BCUT2D eigenvalue weighted by Crippen LogP contribution is -2.33. The van der Waals surface area contributed by atoms with Crippen LogP contribution in [0.5, 0.6) is 11.5 Å². The van der Waals surface area contributed by atoms with Gasteiger partial charge in [0.1, 0.15) is 12.2 Å². The Hall–Kier alpha value is -2.61. The summed E-state index contributed by atoms with van der Waals surface area (Å²) in [5.41, 5.74) is 2.16. The molecule has 4 atom stereocenters. The maximum atomic E-state index is 10.8. The van der Waals surface area contributed by atoms with E-state index in [0.29, 0.717) is 30.2 Å². The highest BCUT2D eigenvalue weighted by Crippen LogP contribution is 2.37. The summed E-state index contributed by atoms with van der Waals surface area (Å²) in [7, 11) is 0. The van der Waals surface area contributed by atoms with Gasteiger partial charge in [0.05, 0.1) is 18.1 Å². The third kappa shape index (κ3) is 8.69. The minimum Gasteiger partial charge on any atom is -0.592 e. The lowest BCUT2D eigenvalue weighted by atomic mass is 9.84. The Balaban J connectivity index is 1.28. The van der Waals surface area contributed by atoms with Gasteiger partial charge in [-0.1, -0.05) is 50.9 Å². The number of aliphatic hydroxyl groups excluding tert-OH is 2. The highest BCUT2D eigenvalue weighted by molar-refractivity contribution is 5.84. The van der Waals surface area contributed by atoms with E-state index in [0.717, 1.165) is 49.1 Å². The highest BCUT2D eigenvalue weighted by Gasteiger charge is 2.37. The van der Waals surface area contributed by atoms with E-state index in [4.69, 9.17) is 9.47 Å². The van der Waals surface area contributed by atoms with E-state index in [1.54, 1.807) is 13.0 Å². The summed E-state index contributed by atoms with van der Waals surface area (Å²) < 4.78 is 11.9. The molecule has 4 rings (SSSR count). The van der Waals surface area contributed by atoms with Crippen LogP contribution >= 0.6 is 0 Å². The van der Waals surface area contributed by atoms with E-state index in [1.165, 1.54) is 32.1 Å². The summed E-state index contributed by atoms with van der Waals surface area (Å²) in [4.78, 5) is 4.51. The van der Waals surface area contributed by atoms with Crippen molar-refractivity contribution in [1.29, 1.82) is 0 Å². The van der Waals surface area contributed by atoms with Crippen LogP contribution in [0.2, 0.25) is 0 Å². The molecular weight excluding hydrogens is 492 g/mol. The third-order valence-corrected chi connectivity index (χ3v) is 7.94. The van der Waals surface area contributed by atoms with Gasteiger partial charge in [0.15, 0.2) is 29.9 Å². The third-order valence-electron chi connectivity index (χ3n) is 7.94. The zero-order valence-corrected chi connectivity index (χ0v) is 23.5. The average Bonchev–Trinajstić information content (AvgIpc) is 3.71. The summed E-state index contributed by atoms with van der Waals surface area (Å²) in [6, 6.07) is 5.96. The number of aromatic hydroxyl groups is 1. The molecule has 7 heteroatoms. The van der Waals surface area contributed by atoms with E-state index in [9.17, 15) is 15.3 Å². The van der Waals surface area contributed by atoms with E-state index in [-0.39, 0.29) is 24.6 Å². The van der Waals surface area contributed by atoms with Crippen LogP contribution in [-0.2, 0) is 11.2 Å². The van der Waals surface area contributed by atoms with Gasteiger partial charge in [-0.15, -0.1) is 4.99 Å². The molecule has 0 saturated heterocycles. The molecule has 1 aliphatic carbocycles. The predicted molar refractivity (Wildman–Crippen MR) is 155 cm³/mol. The van der Waals surface area contributed by atoms with Gasteiger partial charge < -0.3 is 30.1 Å². The molecule has 39 heavy (non-hydrogen) atoms. The van der Waals surface area contributed by atoms with Crippen molar-refractivity contribution in [1.82, 2.24) is 5.32 Å². The van der Waals surface area contributed by atoms with Crippen LogP contribution in [0.4, 0.5) is 0 Å². The number of rotatable bonds is 16. The first-order valence-corrected chi connectivity index (χ1v) is 14.8. The van der Waals surface area contributed by atoms with Crippen molar-refractivity contribution in [3.05, 3.63) is 59.7 Å².